The van der Waals surface area contributed by atoms with E-state index in [4.69, 9.17) is 11.6 Å². The van der Waals surface area contributed by atoms with E-state index in [0.29, 0.717) is 16.4 Å². The lowest BCUT2D eigenvalue weighted by Crippen LogP contribution is -2.09. The number of halogens is 1. The van der Waals surface area contributed by atoms with Crippen LogP contribution in [0.1, 0.15) is 0 Å². The van der Waals surface area contributed by atoms with Crippen molar-refractivity contribution in [3.63, 3.8) is 0 Å². The molecule has 108 valence electrons. The highest BCUT2D eigenvalue weighted by Crippen LogP contribution is 2.32. The largest absolute Gasteiger partial charge is 0.283 e. The first-order valence-corrected chi connectivity index (χ1v) is 8.42. The molecular weight excluding hydrogens is 310 g/mol. The molecule has 2 N–H and O–H groups in total. The Hall–Kier alpha value is -2.05. The van der Waals surface area contributed by atoms with Gasteiger partial charge in [0, 0.05) is 10.6 Å². The van der Waals surface area contributed by atoms with E-state index in [2.05, 4.69) is 14.9 Å². The zero-order valence-electron chi connectivity index (χ0n) is 11.1. The van der Waals surface area contributed by atoms with Crippen molar-refractivity contribution in [1.29, 1.82) is 0 Å². The number of anilines is 1. The van der Waals surface area contributed by atoms with E-state index in [1.165, 1.54) is 0 Å². The molecule has 1 heterocycles. The van der Waals surface area contributed by atoms with Crippen molar-refractivity contribution in [2.24, 2.45) is 0 Å². The average Bonchev–Trinajstić information content (AvgIpc) is 2.83. The number of fused-ring (bicyclic) bond motifs is 1. The lowest BCUT2D eigenvalue weighted by molar-refractivity contribution is 0.607. The standard InChI is InChI=1S/C14H12ClN3O2S/c1-21(19,20)18-12-4-2-3-11-13(12)14(17-16-11)9-5-7-10(15)8-6-9/h2-8,18H,1H3,(H,16,17). The molecule has 0 radical (unpaired) electrons. The van der Waals surface area contributed by atoms with Crippen LogP contribution in [0.4, 0.5) is 5.69 Å². The topological polar surface area (TPSA) is 74.8 Å². The molecule has 0 aliphatic heterocycles. The van der Waals surface area contributed by atoms with Gasteiger partial charge in [-0.2, -0.15) is 5.10 Å². The van der Waals surface area contributed by atoms with Gasteiger partial charge in [-0.1, -0.05) is 29.8 Å². The SMILES string of the molecule is CS(=O)(=O)Nc1cccc2[nH]nc(-c3ccc(Cl)cc3)c12. The summed E-state index contributed by atoms with van der Waals surface area (Å²) in [6, 6.07) is 12.5. The van der Waals surface area contributed by atoms with Crippen LogP contribution in [0.5, 0.6) is 0 Å². The maximum Gasteiger partial charge on any atom is 0.229 e. The molecule has 2 aromatic carbocycles. The number of nitrogens with zero attached hydrogens (tertiary/aromatic N) is 1. The number of hydrogen-bond acceptors (Lipinski definition) is 3. The Morgan fingerprint density at radius 2 is 1.86 bits per heavy atom. The summed E-state index contributed by atoms with van der Waals surface area (Å²) in [5.74, 6) is 0. The molecule has 7 heteroatoms. The predicted molar refractivity (Wildman–Crippen MR) is 85.0 cm³/mol. The van der Waals surface area contributed by atoms with E-state index in [0.717, 1.165) is 22.7 Å². The third-order valence-corrected chi connectivity index (χ3v) is 3.85. The van der Waals surface area contributed by atoms with Gasteiger partial charge in [-0.25, -0.2) is 8.42 Å². The first kappa shape index (κ1) is 13.9. The molecule has 0 fully saturated rings. The van der Waals surface area contributed by atoms with E-state index < -0.39 is 10.0 Å². The minimum atomic E-state index is -3.36. The van der Waals surface area contributed by atoms with Crippen LogP contribution in [0.2, 0.25) is 5.02 Å². The van der Waals surface area contributed by atoms with E-state index in [9.17, 15) is 8.42 Å². The molecule has 3 rings (SSSR count). The lowest BCUT2D eigenvalue weighted by atomic mass is 10.1. The molecule has 0 aliphatic rings. The number of sulfonamides is 1. The molecule has 0 spiro atoms. The van der Waals surface area contributed by atoms with Crippen LogP contribution >= 0.6 is 11.6 Å². The third-order valence-electron chi connectivity index (χ3n) is 3.00. The van der Waals surface area contributed by atoms with Crippen LogP contribution in [0.15, 0.2) is 42.5 Å². The van der Waals surface area contributed by atoms with Gasteiger partial charge in [0.25, 0.3) is 0 Å². The minimum Gasteiger partial charge on any atom is -0.283 e. The van der Waals surface area contributed by atoms with Crippen LogP contribution < -0.4 is 4.72 Å². The number of benzene rings is 2. The Morgan fingerprint density at radius 1 is 1.14 bits per heavy atom. The maximum atomic E-state index is 11.5. The molecule has 1 aromatic heterocycles. The summed E-state index contributed by atoms with van der Waals surface area (Å²) in [4.78, 5) is 0. The van der Waals surface area contributed by atoms with Gasteiger partial charge in [0.05, 0.1) is 22.8 Å². The van der Waals surface area contributed by atoms with E-state index >= 15 is 0 Å². The molecule has 0 saturated carbocycles. The summed E-state index contributed by atoms with van der Waals surface area (Å²) in [6.07, 6.45) is 1.12. The predicted octanol–water partition coefficient (Wildman–Crippen LogP) is 3.25. The highest BCUT2D eigenvalue weighted by atomic mass is 35.5. The Kier molecular flexibility index (Phi) is 3.35. The van der Waals surface area contributed by atoms with Crippen molar-refractivity contribution < 1.29 is 8.42 Å². The number of hydrogen-bond donors (Lipinski definition) is 2. The molecule has 0 amide bonds. The van der Waals surface area contributed by atoms with Crippen molar-refractivity contribution in [3.05, 3.63) is 47.5 Å². The zero-order chi connectivity index (χ0) is 15.0. The second kappa shape index (κ2) is 5.05. The average molecular weight is 322 g/mol. The fourth-order valence-electron chi connectivity index (χ4n) is 2.17. The quantitative estimate of drug-likeness (QED) is 0.777. The van der Waals surface area contributed by atoms with Gasteiger partial charge in [-0.3, -0.25) is 9.82 Å². The number of H-pyrrole nitrogens is 1. The number of aromatic amines is 1. The molecule has 0 bridgehead atoms. The van der Waals surface area contributed by atoms with Gasteiger partial charge in [-0.05, 0) is 24.3 Å². The van der Waals surface area contributed by atoms with E-state index in [1.807, 2.05) is 18.2 Å². The second-order valence-electron chi connectivity index (χ2n) is 4.68. The number of aromatic nitrogens is 2. The van der Waals surface area contributed by atoms with Crippen LogP contribution in [0, 0.1) is 0 Å². The first-order chi connectivity index (χ1) is 9.94. The zero-order valence-corrected chi connectivity index (χ0v) is 12.7. The van der Waals surface area contributed by atoms with Crippen LogP contribution in [0.3, 0.4) is 0 Å². The van der Waals surface area contributed by atoms with Crippen molar-refractivity contribution in [2.75, 3.05) is 11.0 Å². The van der Waals surface area contributed by atoms with Crippen molar-refractivity contribution in [2.45, 2.75) is 0 Å². The number of rotatable bonds is 3. The molecule has 5 nitrogen and oxygen atoms in total. The minimum absolute atomic E-state index is 0.494. The summed E-state index contributed by atoms with van der Waals surface area (Å²) in [5.41, 5.74) is 2.78. The van der Waals surface area contributed by atoms with Crippen LogP contribution in [-0.2, 0) is 10.0 Å². The van der Waals surface area contributed by atoms with Gasteiger partial charge in [-0.15, -0.1) is 0 Å². The van der Waals surface area contributed by atoms with Gasteiger partial charge in [0.15, 0.2) is 0 Å². The Bertz CT molecular complexity index is 902. The highest BCUT2D eigenvalue weighted by Gasteiger charge is 2.14. The summed E-state index contributed by atoms with van der Waals surface area (Å²) >= 11 is 5.89. The fourth-order valence-corrected chi connectivity index (χ4v) is 2.87. The molecule has 21 heavy (non-hydrogen) atoms. The molecule has 0 aliphatic carbocycles. The van der Waals surface area contributed by atoms with E-state index in [1.54, 1.807) is 24.3 Å². The maximum absolute atomic E-state index is 11.5. The fraction of sp³-hybridized carbons (Fsp3) is 0.0714. The molecule has 0 saturated heterocycles. The van der Waals surface area contributed by atoms with Crippen LogP contribution in [0.25, 0.3) is 22.2 Å². The van der Waals surface area contributed by atoms with Crippen molar-refractivity contribution in [1.82, 2.24) is 10.2 Å². The van der Waals surface area contributed by atoms with Gasteiger partial charge in [0.1, 0.15) is 5.69 Å². The monoisotopic (exact) mass is 321 g/mol. The van der Waals surface area contributed by atoms with Crippen molar-refractivity contribution in [3.8, 4) is 11.3 Å². The summed E-state index contributed by atoms with van der Waals surface area (Å²) in [7, 11) is -3.36. The smallest absolute Gasteiger partial charge is 0.229 e. The molecule has 3 aromatic rings. The Morgan fingerprint density at radius 3 is 2.52 bits per heavy atom. The first-order valence-electron chi connectivity index (χ1n) is 6.15. The summed E-state index contributed by atoms with van der Waals surface area (Å²) < 4.78 is 25.5. The Balaban J connectivity index is 2.22. The molecular formula is C14H12ClN3O2S. The Labute approximate surface area is 127 Å². The highest BCUT2D eigenvalue weighted by molar-refractivity contribution is 7.92. The summed E-state index contributed by atoms with van der Waals surface area (Å²) in [6.45, 7) is 0. The third kappa shape index (κ3) is 2.86. The lowest BCUT2D eigenvalue weighted by Gasteiger charge is -2.06. The van der Waals surface area contributed by atoms with Gasteiger partial charge >= 0.3 is 0 Å². The van der Waals surface area contributed by atoms with Crippen LogP contribution in [-0.4, -0.2) is 24.9 Å². The van der Waals surface area contributed by atoms with Gasteiger partial charge < -0.3 is 0 Å². The summed E-state index contributed by atoms with van der Waals surface area (Å²) in [5, 5.41) is 8.55. The normalized spacial score (nSPS) is 11.7. The molecule has 0 atom stereocenters. The van der Waals surface area contributed by atoms with E-state index in [-0.39, 0.29) is 0 Å². The second-order valence-corrected chi connectivity index (χ2v) is 6.87. The van der Waals surface area contributed by atoms with Gasteiger partial charge in [0.2, 0.25) is 10.0 Å². The number of nitrogens with one attached hydrogen (secondary N) is 2. The molecule has 0 unspecified atom stereocenters. The van der Waals surface area contributed by atoms with Crippen molar-refractivity contribution >= 4 is 38.2 Å².